The van der Waals surface area contributed by atoms with E-state index < -0.39 is 23.6 Å². The van der Waals surface area contributed by atoms with E-state index in [4.69, 9.17) is 5.11 Å². The van der Waals surface area contributed by atoms with Gasteiger partial charge in [0.2, 0.25) is 0 Å². The highest BCUT2D eigenvalue weighted by Crippen LogP contribution is 2.25. The highest BCUT2D eigenvalue weighted by atomic mass is 19.2. The zero-order valence-electron chi connectivity index (χ0n) is 14.3. The topological polar surface area (TPSA) is 81.7 Å². The van der Waals surface area contributed by atoms with E-state index in [0.29, 0.717) is 24.9 Å². The third-order valence-corrected chi connectivity index (χ3v) is 4.50. The maximum atomic E-state index is 13.2. The van der Waals surface area contributed by atoms with Gasteiger partial charge < -0.3 is 15.7 Å². The highest BCUT2D eigenvalue weighted by molar-refractivity contribution is 5.75. The molecule has 0 aromatic heterocycles. The number of nitrogens with one attached hydrogen (secondary N) is 2. The first kappa shape index (κ1) is 19.1. The lowest BCUT2D eigenvalue weighted by molar-refractivity contribution is -0.139. The van der Waals surface area contributed by atoms with Gasteiger partial charge in [0.15, 0.2) is 11.6 Å². The van der Waals surface area contributed by atoms with Crippen LogP contribution in [0.15, 0.2) is 18.2 Å². The van der Waals surface area contributed by atoms with Gasteiger partial charge in [0.1, 0.15) is 0 Å². The van der Waals surface area contributed by atoms with Gasteiger partial charge >= 0.3 is 12.0 Å². The second-order valence-electron chi connectivity index (χ2n) is 6.29. The van der Waals surface area contributed by atoms with Crippen LogP contribution in [0.4, 0.5) is 13.6 Å². The average molecular weight is 355 g/mol. The molecule has 1 aromatic rings. The summed E-state index contributed by atoms with van der Waals surface area (Å²) in [6.45, 7) is 4.22. The quantitative estimate of drug-likeness (QED) is 0.701. The van der Waals surface area contributed by atoms with Crippen LogP contribution in [0.5, 0.6) is 0 Å². The Morgan fingerprint density at radius 3 is 2.56 bits per heavy atom. The Morgan fingerprint density at radius 2 is 2.00 bits per heavy atom. The first-order valence-corrected chi connectivity index (χ1v) is 8.28. The number of hydrogen-bond acceptors (Lipinski definition) is 3. The Kier molecular flexibility index (Phi) is 6.30. The molecule has 0 saturated heterocycles. The Hall–Kier alpha value is -2.22. The Labute approximate surface area is 145 Å². The highest BCUT2D eigenvalue weighted by Gasteiger charge is 2.34. The normalized spacial score (nSPS) is 20.7. The molecule has 1 saturated carbocycles. The molecule has 1 aliphatic carbocycles. The SMILES string of the molecule is CCN(CC(=O)O)C1CC(NC(=O)NC(C)c2ccc(F)c(F)c2)C1. The van der Waals surface area contributed by atoms with E-state index >= 15 is 0 Å². The molecule has 0 heterocycles. The van der Waals surface area contributed by atoms with Crippen LogP contribution in [-0.4, -0.2) is 47.2 Å². The number of rotatable bonds is 7. The van der Waals surface area contributed by atoms with E-state index in [1.54, 1.807) is 6.92 Å². The molecular weight excluding hydrogens is 332 g/mol. The minimum Gasteiger partial charge on any atom is -0.480 e. The number of carbonyl (C=O) groups is 2. The van der Waals surface area contributed by atoms with Gasteiger partial charge in [-0.15, -0.1) is 0 Å². The van der Waals surface area contributed by atoms with E-state index in [9.17, 15) is 18.4 Å². The largest absolute Gasteiger partial charge is 0.480 e. The Morgan fingerprint density at radius 1 is 1.32 bits per heavy atom. The van der Waals surface area contributed by atoms with Crippen molar-refractivity contribution in [2.45, 2.75) is 44.8 Å². The monoisotopic (exact) mass is 355 g/mol. The van der Waals surface area contributed by atoms with Gasteiger partial charge in [-0.25, -0.2) is 13.6 Å². The number of benzene rings is 1. The summed E-state index contributed by atoms with van der Waals surface area (Å²) in [7, 11) is 0. The van der Waals surface area contributed by atoms with Crippen molar-refractivity contribution in [3.8, 4) is 0 Å². The smallest absolute Gasteiger partial charge is 0.317 e. The van der Waals surface area contributed by atoms with Gasteiger partial charge in [-0.2, -0.15) is 0 Å². The van der Waals surface area contributed by atoms with Crippen molar-refractivity contribution in [3.63, 3.8) is 0 Å². The number of amides is 2. The maximum absolute atomic E-state index is 13.2. The van der Waals surface area contributed by atoms with Crippen LogP contribution >= 0.6 is 0 Å². The molecule has 0 bridgehead atoms. The molecule has 0 spiro atoms. The lowest BCUT2D eigenvalue weighted by atomic mass is 9.85. The van der Waals surface area contributed by atoms with Crippen LogP contribution in [0.2, 0.25) is 0 Å². The van der Waals surface area contributed by atoms with E-state index in [1.165, 1.54) is 6.07 Å². The molecular formula is C17H23F2N3O3. The van der Waals surface area contributed by atoms with Gasteiger partial charge in [0, 0.05) is 12.1 Å². The summed E-state index contributed by atoms with van der Waals surface area (Å²) in [6.07, 6.45) is 1.38. The number of carboxylic acid groups (broad SMARTS) is 1. The Balaban J connectivity index is 1.78. The van der Waals surface area contributed by atoms with Crippen molar-refractivity contribution in [3.05, 3.63) is 35.4 Å². The van der Waals surface area contributed by atoms with Crippen molar-refractivity contribution >= 4 is 12.0 Å². The number of nitrogens with zero attached hydrogens (tertiary/aromatic N) is 1. The van der Waals surface area contributed by atoms with Crippen LogP contribution in [-0.2, 0) is 4.79 Å². The second kappa shape index (κ2) is 8.24. The number of carboxylic acids is 1. The number of halogens is 2. The molecule has 2 amide bonds. The summed E-state index contributed by atoms with van der Waals surface area (Å²) in [5, 5.41) is 14.4. The van der Waals surface area contributed by atoms with Crippen molar-refractivity contribution in [2.75, 3.05) is 13.1 Å². The first-order valence-electron chi connectivity index (χ1n) is 8.28. The number of likely N-dealkylation sites (N-methyl/N-ethyl adjacent to an activating group) is 1. The molecule has 2 rings (SSSR count). The number of hydrogen-bond donors (Lipinski definition) is 3. The second-order valence-corrected chi connectivity index (χ2v) is 6.29. The van der Waals surface area contributed by atoms with Gasteiger partial charge in [-0.05, 0) is 44.0 Å². The molecule has 1 aliphatic rings. The lowest BCUT2D eigenvalue weighted by Crippen LogP contribution is -2.56. The lowest BCUT2D eigenvalue weighted by Gasteiger charge is -2.42. The molecule has 1 fully saturated rings. The average Bonchev–Trinajstić information content (AvgIpc) is 2.50. The summed E-state index contributed by atoms with van der Waals surface area (Å²) in [4.78, 5) is 24.7. The fraction of sp³-hybridized carbons (Fsp3) is 0.529. The fourth-order valence-corrected chi connectivity index (χ4v) is 2.97. The Bertz CT molecular complexity index is 636. The van der Waals surface area contributed by atoms with Crippen molar-refractivity contribution in [1.82, 2.24) is 15.5 Å². The van der Waals surface area contributed by atoms with Gasteiger partial charge in [0.25, 0.3) is 0 Å². The summed E-state index contributed by atoms with van der Waals surface area (Å²) in [5.41, 5.74) is 0.471. The molecule has 25 heavy (non-hydrogen) atoms. The number of aliphatic carboxylic acids is 1. The number of urea groups is 1. The molecule has 138 valence electrons. The van der Waals surface area contributed by atoms with E-state index in [-0.39, 0.29) is 24.7 Å². The molecule has 6 nitrogen and oxygen atoms in total. The van der Waals surface area contributed by atoms with Crippen LogP contribution < -0.4 is 10.6 Å². The van der Waals surface area contributed by atoms with Gasteiger partial charge in [-0.1, -0.05) is 13.0 Å². The molecule has 1 aromatic carbocycles. The summed E-state index contributed by atoms with van der Waals surface area (Å²) in [5.74, 6) is -2.74. The van der Waals surface area contributed by atoms with Crippen LogP contribution in [0.25, 0.3) is 0 Å². The fourth-order valence-electron chi connectivity index (χ4n) is 2.97. The minimum absolute atomic E-state index is 0.00670. The molecule has 1 unspecified atom stereocenters. The summed E-state index contributed by atoms with van der Waals surface area (Å²) >= 11 is 0. The number of carbonyl (C=O) groups excluding carboxylic acids is 1. The van der Waals surface area contributed by atoms with Crippen LogP contribution in [0, 0.1) is 11.6 Å². The molecule has 3 N–H and O–H groups in total. The minimum atomic E-state index is -0.952. The van der Waals surface area contributed by atoms with Crippen LogP contribution in [0.3, 0.4) is 0 Å². The zero-order chi connectivity index (χ0) is 18.6. The molecule has 8 heteroatoms. The predicted octanol–water partition coefficient (Wildman–Crippen LogP) is 2.26. The van der Waals surface area contributed by atoms with E-state index in [1.807, 2.05) is 11.8 Å². The van der Waals surface area contributed by atoms with Crippen molar-refractivity contribution in [2.24, 2.45) is 0 Å². The van der Waals surface area contributed by atoms with E-state index in [2.05, 4.69) is 10.6 Å². The predicted molar refractivity (Wildman–Crippen MR) is 88.1 cm³/mol. The van der Waals surface area contributed by atoms with Crippen molar-refractivity contribution in [1.29, 1.82) is 0 Å². The standard InChI is InChI=1S/C17H23F2N3O3/c1-3-22(9-16(23)24)13-7-12(8-13)21-17(25)20-10(2)11-4-5-14(18)15(19)6-11/h4-6,10,12-13H,3,7-9H2,1-2H3,(H,23,24)(H2,20,21,25). The molecule has 0 aliphatic heterocycles. The first-order chi connectivity index (χ1) is 11.8. The van der Waals surface area contributed by atoms with Gasteiger partial charge in [0.05, 0.1) is 12.6 Å². The van der Waals surface area contributed by atoms with Crippen LogP contribution in [0.1, 0.15) is 38.3 Å². The zero-order valence-corrected chi connectivity index (χ0v) is 14.3. The molecule has 1 atom stereocenters. The van der Waals surface area contributed by atoms with E-state index in [0.717, 1.165) is 12.1 Å². The molecule has 0 radical (unpaired) electrons. The third kappa shape index (κ3) is 5.12. The summed E-state index contributed by atoms with van der Waals surface area (Å²) < 4.78 is 26.2. The maximum Gasteiger partial charge on any atom is 0.317 e. The van der Waals surface area contributed by atoms with Gasteiger partial charge in [-0.3, -0.25) is 9.69 Å². The van der Waals surface area contributed by atoms with Crippen molar-refractivity contribution < 1.29 is 23.5 Å². The summed E-state index contributed by atoms with van der Waals surface area (Å²) in [6, 6.07) is 2.78. The third-order valence-electron chi connectivity index (χ3n) is 4.50.